The van der Waals surface area contributed by atoms with Crippen LogP contribution in [-0.4, -0.2) is 47.6 Å². The first kappa shape index (κ1) is 24.1. The number of nitrogens with two attached hydrogens (primary N) is 1. The van der Waals surface area contributed by atoms with E-state index in [1.807, 2.05) is 6.07 Å². The summed E-state index contributed by atoms with van der Waals surface area (Å²) in [6, 6.07) is 12.0. The van der Waals surface area contributed by atoms with E-state index in [0.29, 0.717) is 29.6 Å². The molecule has 0 saturated carbocycles. The lowest BCUT2D eigenvalue weighted by molar-refractivity contribution is -0.127. The molecule has 1 aliphatic rings. The third-order valence-electron chi connectivity index (χ3n) is 4.22. The average molecular weight is 490 g/mol. The summed E-state index contributed by atoms with van der Waals surface area (Å²) in [6.07, 6.45) is 1.45. The SMILES string of the molecule is CCOc1cc(/C=C2\SC(=O)N(CC(N)=O)C2=O)cc(Cl)c1OCC(=O)Nc1ccccc1. The summed E-state index contributed by atoms with van der Waals surface area (Å²) in [5.74, 6) is -1.37. The summed E-state index contributed by atoms with van der Waals surface area (Å²) >= 11 is 7.05. The van der Waals surface area contributed by atoms with E-state index in [1.165, 1.54) is 12.1 Å². The molecule has 0 unspecified atom stereocenters. The number of benzene rings is 2. The molecular weight excluding hydrogens is 470 g/mol. The molecule has 1 heterocycles. The Kier molecular flexibility index (Phi) is 7.96. The molecule has 0 radical (unpaired) electrons. The molecule has 0 aromatic heterocycles. The van der Waals surface area contributed by atoms with Crippen LogP contribution in [-0.2, 0) is 14.4 Å². The number of hydrogen-bond acceptors (Lipinski definition) is 7. The zero-order valence-corrected chi connectivity index (χ0v) is 19.1. The minimum Gasteiger partial charge on any atom is -0.490 e. The van der Waals surface area contributed by atoms with Crippen LogP contribution in [0.25, 0.3) is 6.08 Å². The summed E-state index contributed by atoms with van der Waals surface area (Å²) in [5, 5.41) is 2.26. The number of anilines is 1. The number of hydrogen-bond donors (Lipinski definition) is 2. The Hall–Kier alpha value is -3.50. The van der Waals surface area contributed by atoms with Gasteiger partial charge in [-0.25, -0.2) is 0 Å². The summed E-state index contributed by atoms with van der Waals surface area (Å²) in [7, 11) is 0. The van der Waals surface area contributed by atoms with Gasteiger partial charge in [-0.1, -0.05) is 29.8 Å². The summed E-state index contributed by atoms with van der Waals surface area (Å²) in [4.78, 5) is 48.6. The van der Waals surface area contributed by atoms with Crippen molar-refractivity contribution in [1.82, 2.24) is 4.90 Å². The number of carbonyl (C=O) groups is 4. The molecule has 1 aliphatic heterocycles. The highest BCUT2D eigenvalue weighted by molar-refractivity contribution is 8.18. The maximum Gasteiger partial charge on any atom is 0.294 e. The molecule has 3 N–H and O–H groups in total. The number of nitrogens with zero attached hydrogens (tertiary/aromatic N) is 1. The molecule has 3 rings (SSSR count). The van der Waals surface area contributed by atoms with Crippen LogP contribution >= 0.6 is 23.4 Å². The number of imide groups is 1. The van der Waals surface area contributed by atoms with Crippen LogP contribution in [0, 0.1) is 0 Å². The van der Waals surface area contributed by atoms with Crippen LogP contribution in [0.2, 0.25) is 5.02 Å². The van der Waals surface area contributed by atoms with E-state index in [-0.39, 0.29) is 33.9 Å². The Morgan fingerprint density at radius 2 is 1.91 bits per heavy atom. The number of para-hydroxylation sites is 1. The highest BCUT2D eigenvalue weighted by Crippen LogP contribution is 2.39. The van der Waals surface area contributed by atoms with Crippen molar-refractivity contribution in [1.29, 1.82) is 0 Å². The zero-order valence-electron chi connectivity index (χ0n) is 17.5. The average Bonchev–Trinajstić information content (AvgIpc) is 3.01. The molecule has 1 saturated heterocycles. The van der Waals surface area contributed by atoms with E-state index in [9.17, 15) is 19.2 Å². The van der Waals surface area contributed by atoms with Gasteiger partial charge in [0.2, 0.25) is 5.91 Å². The standard InChI is InChI=1S/C22H20ClN3O6S/c1-2-31-16-9-13(10-17-21(29)26(11-18(24)27)22(30)33-17)8-15(23)20(16)32-12-19(28)25-14-6-4-3-5-7-14/h3-10H,2,11-12H2,1H3,(H2,24,27)(H,25,28)/b17-10-. The van der Waals surface area contributed by atoms with Crippen LogP contribution in [0.3, 0.4) is 0 Å². The third kappa shape index (κ3) is 6.27. The normalized spacial score (nSPS) is 14.5. The van der Waals surface area contributed by atoms with E-state index >= 15 is 0 Å². The van der Waals surface area contributed by atoms with Crippen molar-refractivity contribution in [3.63, 3.8) is 0 Å². The molecule has 9 nitrogen and oxygen atoms in total. The number of rotatable bonds is 9. The van der Waals surface area contributed by atoms with Gasteiger partial charge in [-0.05, 0) is 54.6 Å². The maximum absolute atomic E-state index is 12.4. The predicted molar refractivity (Wildman–Crippen MR) is 125 cm³/mol. The fourth-order valence-electron chi connectivity index (χ4n) is 2.87. The Bertz CT molecular complexity index is 1120. The van der Waals surface area contributed by atoms with Crippen LogP contribution in [0.15, 0.2) is 47.4 Å². The van der Waals surface area contributed by atoms with Gasteiger partial charge in [0, 0.05) is 5.69 Å². The van der Waals surface area contributed by atoms with Crippen molar-refractivity contribution < 1.29 is 28.7 Å². The quantitative estimate of drug-likeness (QED) is 0.517. The fourth-order valence-corrected chi connectivity index (χ4v) is 3.99. The second-order valence-corrected chi connectivity index (χ2v) is 8.10. The van der Waals surface area contributed by atoms with Gasteiger partial charge in [0.25, 0.3) is 17.1 Å². The molecule has 1 fully saturated rings. The lowest BCUT2D eigenvalue weighted by Gasteiger charge is -2.14. The number of halogens is 1. The second kappa shape index (κ2) is 10.9. The summed E-state index contributed by atoms with van der Waals surface area (Å²) in [5.41, 5.74) is 6.18. The molecule has 33 heavy (non-hydrogen) atoms. The van der Waals surface area contributed by atoms with Gasteiger partial charge in [-0.3, -0.25) is 24.1 Å². The molecule has 2 aromatic rings. The van der Waals surface area contributed by atoms with Gasteiger partial charge < -0.3 is 20.5 Å². The predicted octanol–water partition coefficient (Wildman–Crippen LogP) is 3.28. The molecule has 11 heteroatoms. The summed E-state index contributed by atoms with van der Waals surface area (Å²) in [6.45, 7) is 1.26. The highest BCUT2D eigenvalue weighted by Gasteiger charge is 2.35. The van der Waals surface area contributed by atoms with E-state index in [1.54, 1.807) is 37.3 Å². The van der Waals surface area contributed by atoms with Gasteiger partial charge in [-0.15, -0.1) is 0 Å². The van der Waals surface area contributed by atoms with E-state index in [2.05, 4.69) is 5.32 Å². The minimum atomic E-state index is -0.793. The molecule has 2 aromatic carbocycles. The maximum atomic E-state index is 12.4. The van der Waals surface area contributed by atoms with Gasteiger partial charge in [0.15, 0.2) is 18.1 Å². The third-order valence-corrected chi connectivity index (χ3v) is 5.41. The lowest BCUT2D eigenvalue weighted by Crippen LogP contribution is -2.36. The van der Waals surface area contributed by atoms with Crippen LogP contribution in [0.4, 0.5) is 10.5 Å². The Morgan fingerprint density at radius 3 is 2.58 bits per heavy atom. The van der Waals surface area contributed by atoms with E-state index in [4.69, 9.17) is 26.8 Å². The van der Waals surface area contributed by atoms with Gasteiger partial charge in [0.1, 0.15) is 6.54 Å². The molecule has 0 bridgehead atoms. The smallest absolute Gasteiger partial charge is 0.294 e. The summed E-state index contributed by atoms with van der Waals surface area (Å²) < 4.78 is 11.2. The van der Waals surface area contributed by atoms with Crippen LogP contribution in [0.1, 0.15) is 12.5 Å². The number of carbonyl (C=O) groups excluding carboxylic acids is 4. The first-order chi connectivity index (χ1) is 15.8. The lowest BCUT2D eigenvalue weighted by atomic mass is 10.1. The Labute approximate surface area is 198 Å². The van der Waals surface area contributed by atoms with Crippen molar-refractivity contribution in [2.24, 2.45) is 5.73 Å². The van der Waals surface area contributed by atoms with Gasteiger partial charge in [-0.2, -0.15) is 0 Å². The zero-order chi connectivity index (χ0) is 24.0. The second-order valence-electron chi connectivity index (χ2n) is 6.70. The topological polar surface area (TPSA) is 128 Å². The van der Waals surface area contributed by atoms with Crippen molar-refractivity contribution in [2.45, 2.75) is 6.92 Å². The van der Waals surface area contributed by atoms with E-state index < -0.39 is 23.6 Å². The number of nitrogens with one attached hydrogen (secondary N) is 1. The highest BCUT2D eigenvalue weighted by atomic mass is 35.5. The molecule has 0 atom stereocenters. The minimum absolute atomic E-state index is 0.107. The van der Waals surface area contributed by atoms with Crippen molar-refractivity contribution in [3.8, 4) is 11.5 Å². The molecule has 172 valence electrons. The number of amides is 4. The largest absolute Gasteiger partial charge is 0.490 e. The first-order valence-electron chi connectivity index (χ1n) is 9.76. The molecule has 4 amide bonds. The van der Waals surface area contributed by atoms with Crippen molar-refractivity contribution >= 4 is 58.1 Å². The first-order valence-corrected chi connectivity index (χ1v) is 11.0. The number of primary amides is 1. The van der Waals surface area contributed by atoms with Gasteiger partial charge >= 0.3 is 0 Å². The fraction of sp³-hybridized carbons (Fsp3) is 0.182. The van der Waals surface area contributed by atoms with Crippen LogP contribution < -0.4 is 20.5 Å². The van der Waals surface area contributed by atoms with Crippen LogP contribution in [0.5, 0.6) is 11.5 Å². The monoisotopic (exact) mass is 489 g/mol. The van der Waals surface area contributed by atoms with E-state index in [0.717, 1.165) is 4.90 Å². The molecule has 0 aliphatic carbocycles. The van der Waals surface area contributed by atoms with Crippen molar-refractivity contribution in [3.05, 3.63) is 58.0 Å². The Morgan fingerprint density at radius 1 is 1.18 bits per heavy atom. The Balaban J connectivity index is 1.77. The number of ether oxygens (including phenoxy) is 2. The number of thioether (sulfide) groups is 1. The van der Waals surface area contributed by atoms with Crippen molar-refractivity contribution in [2.75, 3.05) is 25.1 Å². The molecular formula is C22H20ClN3O6S. The van der Waals surface area contributed by atoms with Gasteiger partial charge in [0.05, 0.1) is 16.5 Å². The molecule has 0 spiro atoms.